The van der Waals surface area contributed by atoms with Crippen molar-refractivity contribution in [3.05, 3.63) is 46.2 Å². The number of nitrogens with zero attached hydrogens (tertiary/aromatic N) is 2. The van der Waals surface area contributed by atoms with Crippen LogP contribution in [0, 0.1) is 13.8 Å². The highest BCUT2D eigenvalue weighted by atomic mass is 35.5. The summed E-state index contributed by atoms with van der Waals surface area (Å²) >= 11 is 6.06. The lowest BCUT2D eigenvalue weighted by molar-refractivity contribution is -0.167. The minimum atomic E-state index is -4.94. The van der Waals surface area contributed by atoms with Crippen LogP contribution in [0.1, 0.15) is 17.0 Å². The standard InChI is InChI=1S/C14H13ClF3N3O/c1-8-12(19-13(22)14(16,17)18)9(2)21(20-8)7-10-5-3-4-6-11(10)15/h3-6H,7H2,1-2H3,(H,19,22). The van der Waals surface area contributed by atoms with Crippen LogP contribution in [0.3, 0.4) is 0 Å². The monoisotopic (exact) mass is 331 g/mol. The number of carbonyl (C=O) groups is 1. The predicted octanol–water partition coefficient (Wildman–Crippen LogP) is 3.70. The van der Waals surface area contributed by atoms with Crippen LogP contribution in [0.15, 0.2) is 24.3 Å². The molecule has 2 aromatic rings. The smallest absolute Gasteiger partial charge is 0.315 e. The molecule has 0 aliphatic heterocycles. The second kappa shape index (κ2) is 6.00. The molecule has 0 atom stereocenters. The molecule has 0 radical (unpaired) electrons. The van der Waals surface area contributed by atoms with Crippen LogP contribution in [0.5, 0.6) is 0 Å². The number of anilines is 1. The molecule has 1 amide bonds. The number of alkyl halides is 3. The number of hydrogen-bond donors (Lipinski definition) is 1. The van der Waals surface area contributed by atoms with Crippen molar-refractivity contribution in [3.8, 4) is 0 Å². The number of rotatable bonds is 3. The second-order valence-electron chi connectivity index (χ2n) is 4.75. The van der Waals surface area contributed by atoms with Crippen molar-refractivity contribution in [1.29, 1.82) is 0 Å². The first-order valence-corrected chi connectivity index (χ1v) is 6.73. The summed E-state index contributed by atoms with van der Waals surface area (Å²) < 4.78 is 38.5. The van der Waals surface area contributed by atoms with Crippen molar-refractivity contribution >= 4 is 23.2 Å². The molecule has 118 valence electrons. The molecule has 0 unspecified atom stereocenters. The molecular weight excluding hydrogens is 319 g/mol. The molecule has 0 fully saturated rings. The summed E-state index contributed by atoms with van der Waals surface area (Å²) in [4.78, 5) is 11.1. The van der Waals surface area contributed by atoms with Gasteiger partial charge in [0, 0.05) is 5.02 Å². The van der Waals surface area contributed by atoms with Crippen molar-refractivity contribution in [2.75, 3.05) is 5.32 Å². The highest BCUT2D eigenvalue weighted by Gasteiger charge is 2.39. The number of halogens is 4. The Morgan fingerprint density at radius 3 is 2.55 bits per heavy atom. The Kier molecular flexibility index (Phi) is 4.46. The normalized spacial score (nSPS) is 11.5. The third-order valence-electron chi connectivity index (χ3n) is 3.16. The Balaban J connectivity index is 2.28. The van der Waals surface area contributed by atoms with Crippen molar-refractivity contribution in [1.82, 2.24) is 9.78 Å². The average Bonchev–Trinajstić information content (AvgIpc) is 2.68. The third-order valence-corrected chi connectivity index (χ3v) is 3.52. The van der Waals surface area contributed by atoms with Gasteiger partial charge in [0.15, 0.2) is 0 Å². The van der Waals surface area contributed by atoms with Gasteiger partial charge in [0.05, 0.1) is 23.6 Å². The molecule has 1 N–H and O–H groups in total. The van der Waals surface area contributed by atoms with E-state index in [2.05, 4.69) is 5.10 Å². The number of aryl methyl sites for hydroxylation is 1. The van der Waals surface area contributed by atoms with E-state index in [0.717, 1.165) is 5.56 Å². The van der Waals surface area contributed by atoms with E-state index in [1.807, 2.05) is 5.32 Å². The minimum absolute atomic E-state index is 0.0642. The Hall–Kier alpha value is -2.02. The lowest BCUT2D eigenvalue weighted by Crippen LogP contribution is -2.30. The van der Waals surface area contributed by atoms with Gasteiger partial charge in [-0.2, -0.15) is 18.3 Å². The van der Waals surface area contributed by atoms with Crippen molar-refractivity contribution in [3.63, 3.8) is 0 Å². The highest BCUT2D eigenvalue weighted by molar-refractivity contribution is 6.31. The fourth-order valence-corrected chi connectivity index (χ4v) is 2.20. The Morgan fingerprint density at radius 2 is 1.95 bits per heavy atom. The van der Waals surface area contributed by atoms with Gasteiger partial charge in [0.25, 0.3) is 0 Å². The van der Waals surface area contributed by atoms with E-state index in [0.29, 0.717) is 23.0 Å². The fraction of sp³-hybridized carbons (Fsp3) is 0.286. The van der Waals surface area contributed by atoms with Gasteiger partial charge in [-0.3, -0.25) is 9.48 Å². The molecule has 0 spiro atoms. The maximum Gasteiger partial charge on any atom is 0.471 e. The maximum atomic E-state index is 12.3. The van der Waals surface area contributed by atoms with E-state index >= 15 is 0 Å². The lowest BCUT2D eigenvalue weighted by atomic mass is 10.2. The number of aromatic nitrogens is 2. The molecule has 4 nitrogen and oxygen atoms in total. The molecular formula is C14H13ClF3N3O. The highest BCUT2D eigenvalue weighted by Crippen LogP contribution is 2.25. The number of hydrogen-bond acceptors (Lipinski definition) is 2. The van der Waals surface area contributed by atoms with Crippen LogP contribution in [0.25, 0.3) is 0 Å². The lowest BCUT2D eigenvalue weighted by Gasteiger charge is -2.09. The van der Waals surface area contributed by atoms with Gasteiger partial charge in [-0.05, 0) is 25.5 Å². The summed E-state index contributed by atoms with van der Waals surface area (Å²) in [6, 6.07) is 7.10. The average molecular weight is 332 g/mol. The van der Waals surface area contributed by atoms with Gasteiger partial charge in [0.2, 0.25) is 0 Å². The second-order valence-corrected chi connectivity index (χ2v) is 5.15. The molecule has 0 saturated carbocycles. The van der Waals surface area contributed by atoms with Crippen molar-refractivity contribution in [2.45, 2.75) is 26.6 Å². The van der Waals surface area contributed by atoms with E-state index in [1.54, 1.807) is 31.2 Å². The van der Waals surface area contributed by atoms with Crippen LogP contribution in [0.4, 0.5) is 18.9 Å². The van der Waals surface area contributed by atoms with E-state index < -0.39 is 12.1 Å². The zero-order valence-corrected chi connectivity index (χ0v) is 12.6. The summed E-state index contributed by atoms with van der Waals surface area (Å²) in [6.45, 7) is 3.42. The van der Waals surface area contributed by atoms with Gasteiger partial charge in [0.1, 0.15) is 0 Å². The van der Waals surface area contributed by atoms with Crippen molar-refractivity contribution in [2.24, 2.45) is 0 Å². The summed E-state index contributed by atoms with van der Waals surface area (Å²) in [5, 5.41) is 6.55. The summed E-state index contributed by atoms with van der Waals surface area (Å²) in [5.41, 5.74) is 1.58. The largest absolute Gasteiger partial charge is 0.471 e. The Morgan fingerprint density at radius 1 is 1.32 bits per heavy atom. The maximum absolute atomic E-state index is 12.3. The van der Waals surface area contributed by atoms with Gasteiger partial charge >= 0.3 is 12.1 Å². The predicted molar refractivity (Wildman–Crippen MR) is 76.9 cm³/mol. The zero-order chi connectivity index (χ0) is 16.5. The number of amides is 1. The van der Waals surface area contributed by atoms with Crippen LogP contribution >= 0.6 is 11.6 Å². The molecule has 1 heterocycles. The number of nitrogens with one attached hydrogen (secondary N) is 1. The fourth-order valence-electron chi connectivity index (χ4n) is 2.00. The molecule has 0 aliphatic rings. The topological polar surface area (TPSA) is 46.9 Å². The molecule has 8 heteroatoms. The zero-order valence-electron chi connectivity index (χ0n) is 11.8. The van der Waals surface area contributed by atoms with E-state index in [1.165, 1.54) is 11.6 Å². The minimum Gasteiger partial charge on any atom is -0.315 e. The van der Waals surface area contributed by atoms with Crippen LogP contribution in [0.2, 0.25) is 5.02 Å². The molecule has 0 saturated heterocycles. The molecule has 22 heavy (non-hydrogen) atoms. The number of benzene rings is 1. The molecule has 2 rings (SSSR count). The third kappa shape index (κ3) is 3.41. The van der Waals surface area contributed by atoms with E-state index in [4.69, 9.17) is 11.6 Å². The van der Waals surface area contributed by atoms with Crippen LogP contribution in [-0.2, 0) is 11.3 Å². The van der Waals surface area contributed by atoms with E-state index in [9.17, 15) is 18.0 Å². The first kappa shape index (κ1) is 16.4. The van der Waals surface area contributed by atoms with Crippen LogP contribution in [-0.4, -0.2) is 21.9 Å². The van der Waals surface area contributed by atoms with Crippen molar-refractivity contribution < 1.29 is 18.0 Å². The molecule has 1 aromatic carbocycles. The Bertz CT molecular complexity index is 710. The number of carbonyl (C=O) groups excluding carboxylic acids is 1. The summed E-state index contributed by atoms with van der Waals surface area (Å²) in [6.07, 6.45) is -4.94. The first-order chi connectivity index (χ1) is 10.2. The van der Waals surface area contributed by atoms with Gasteiger partial charge < -0.3 is 5.32 Å². The first-order valence-electron chi connectivity index (χ1n) is 6.35. The molecule has 0 aliphatic carbocycles. The van der Waals surface area contributed by atoms with Gasteiger partial charge in [-0.15, -0.1) is 0 Å². The quantitative estimate of drug-likeness (QED) is 0.932. The molecule has 1 aromatic heterocycles. The Labute approximate surface area is 129 Å². The van der Waals surface area contributed by atoms with Crippen LogP contribution < -0.4 is 5.32 Å². The summed E-state index contributed by atoms with van der Waals surface area (Å²) in [5.74, 6) is -2.02. The van der Waals surface area contributed by atoms with Gasteiger partial charge in [-0.1, -0.05) is 29.8 Å². The molecule has 0 bridgehead atoms. The summed E-state index contributed by atoms with van der Waals surface area (Å²) in [7, 11) is 0. The van der Waals surface area contributed by atoms with E-state index in [-0.39, 0.29) is 5.69 Å². The SMILES string of the molecule is Cc1nn(Cc2ccccc2Cl)c(C)c1NC(=O)C(F)(F)F. The van der Waals surface area contributed by atoms with Gasteiger partial charge in [-0.25, -0.2) is 0 Å².